The van der Waals surface area contributed by atoms with Gasteiger partial charge in [-0.1, -0.05) is 76.9 Å². The van der Waals surface area contributed by atoms with Crippen LogP contribution in [0.3, 0.4) is 0 Å². The fraction of sp³-hybridized carbons (Fsp3) is 0.529. The van der Waals surface area contributed by atoms with Crippen molar-refractivity contribution in [1.82, 2.24) is 20.7 Å². The summed E-state index contributed by atoms with van der Waals surface area (Å²) in [5.41, 5.74) is 9.73. The number of nitrogens with one attached hydrogen (secondary N) is 2. The van der Waals surface area contributed by atoms with Gasteiger partial charge in [0, 0.05) is 53.6 Å². The van der Waals surface area contributed by atoms with Crippen molar-refractivity contribution in [3.8, 4) is 0 Å². The number of amidine groups is 1. The molecular formula is C34H48Cl2N8O2. The molecule has 1 saturated heterocycles. The van der Waals surface area contributed by atoms with Crippen molar-refractivity contribution in [2.75, 3.05) is 26.2 Å². The minimum atomic E-state index is -0.720. The minimum Gasteiger partial charge on any atom is -0.384 e. The van der Waals surface area contributed by atoms with Crippen molar-refractivity contribution in [2.45, 2.75) is 78.9 Å². The van der Waals surface area contributed by atoms with Crippen LogP contribution in [0, 0.1) is 10.8 Å². The van der Waals surface area contributed by atoms with Crippen LogP contribution in [0.15, 0.2) is 52.6 Å². The number of carbonyl (C=O) groups is 2. The lowest BCUT2D eigenvalue weighted by Gasteiger charge is -2.47. The Morgan fingerprint density at radius 2 is 1.63 bits per heavy atom. The molecule has 0 radical (unpaired) electrons. The Morgan fingerprint density at radius 3 is 2.17 bits per heavy atom. The van der Waals surface area contributed by atoms with Crippen LogP contribution in [-0.4, -0.2) is 65.0 Å². The third kappa shape index (κ3) is 9.00. The van der Waals surface area contributed by atoms with Crippen LogP contribution >= 0.6 is 23.2 Å². The van der Waals surface area contributed by atoms with Gasteiger partial charge in [0.1, 0.15) is 17.2 Å². The van der Waals surface area contributed by atoms with E-state index in [2.05, 4.69) is 62.4 Å². The first-order valence-corrected chi connectivity index (χ1v) is 16.5. The standard InChI is InChI=1S/C34H48Cl2N8O2/c1-32(2,3)12-11-27(22-7-9-23(10-8-22)30(45)39-20-28(37)41-42-38)44-31(46)29(24-17-25(35)19-26(36)18-24)40-34(44)13-15-43(16-14-34)21-33(4,5)6/h7-10,17-19,27,42H,11-16,20-21,38H2,1-6H3,(H2,37,41)(H,39,45). The van der Waals surface area contributed by atoms with E-state index in [1.807, 2.05) is 17.0 Å². The Balaban J connectivity index is 1.72. The number of benzene rings is 2. The van der Waals surface area contributed by atoms with Crippen LogP contribution in [0.1, 0.15) is 94.8 Å². The zero-order valence-electron chi connectivity index (χ0n) is 27.8. The number of likely N-dealkylation sites (tertiary alicyclic amines) is 1. The van der Waals surface area contributed by atoms with Crippen molar-refractivity contribution in [3.05, 3.63) is 69.2 Å². The van der Waals surface area contributed by atoms with Crippen LogP contribution in [0.2, 0.25) is 10.0 Å². The van der Waals surface area contributed by atoms with Crippen LogP contribution < -0.4 is 22.4 Å². The summed E-state index contributed by atoms with van der Waals surface area (Å²) >= 11 is 12.8. The number of halogens is 2. The number of amides is 2. The van der Waals surface area contributed by atoms with E-state index >= 15 is 0 Å². The molecule has 1 fully saturated rings. The van der Waals surface area contributed by atoms with E-state index in [1.54, 1.807) is 30.3 Å². The molecule has 2 aliphatic rings. The molecular weight excluding hydrogens is 623 g/mol. The van der Waals surface area contributed by atoms with Gasteiger partial charge in [-0.2, -0.15) is 5.10 Å². The Bertz CT molecular complexity index is 1450. The first-order chi connectivity index (χ1) is 21.5. The van der Waals surface area contributed by atoms with Crippen LogP contribution in [-0.2, 0) is 4.79 Å². The van der Waals surface area contributed by atoms with E-state index in [4.69, 9.17) is 39.8 Å². The second kappa shape index (κ2) is 14.3. The van der Waals surface area contributed by atoms with Crippen molar-refractivity contribution >= 4 is 46.6 Å². The molecule has 0 saturated carbocycles. The first-order valence-electron chi connectivity index (χ1n) is 15.8. The van der Waals surface area contributed by atoms with E-state index in [1.165, 1.54) is 0 Å². The average molecular weight is 672 g/mol. The minimum absolute atomic E-state index is 0.0358. The predicted octanol–water partition coefficient (Wildman–Crippen LogP) is 5.50. The molecule has 1 unspecified atom stereocenters. The van der Waals surface area contributed by atoms with Gasteiger partial charge in [-0.25, -0.2) is 11.4 Å². The van der Waals surface area contributed by atoms with Gasteiger partial charge in [0.2, 0.25) is 0 Å². The van der Waals surface area contributed by atoms with Gasteiger partial charge in [-0.3, -0.25) is 14.6 Å². The molecule has 250 valence electrons. The van der Waals surface area contributed by atoms with Crippen LogP contribution in [0.25, 0.3) is 0 Å². The number of hydrogen-bond donors (Lipinski definition) is 4. The molecule has 2 aromatic carbocycles. The van der Waals surface area contributed by atoms with Crippen LogP contribution in [0.5, 0.6) is 0 Å². The zero-order chi connectivity index (χ0) is 33.9. The Kier molecular flexibility index (Phi) is 11.1. The van der Waals surface area contributed by atoms with Gasteiger partial charge < -0.3 is 20.9 Å². The second-order valence-electron chi connectivity index (χ2n) is 14.8. The van der Waals surface area contributed by atoms with Gasteiger partial charge in [0.25, 0.3) is 11.8 Å². The largest absolute Gasteiger partial charge is 0.384 e. The Labute approximate surface area is 282 Å². The maximum Gasteiger partial charge on any atom is 0.275 e. The maximum atomic E-state index is 14.6. The predicted molar refractivity (Wildman–Crippen MR) is 187 cm³/mol. The van der Waals surface area contributed by atoms with Crippen LogP contribution in [0.4, 0.5) is 0 Å². The van der Waals surface area contributed by atoms with Gasteiger partial charge in [0.15, 0.2) is 0 Å². The Hall–Kier alpha value is -3.18. The zero-order valence-corrected chi connectivity index (χ0v) is 29.3. The number of nitrogens with zero attached hydrogens (tertiary/aromatic N) is 4. The number of hydrazone groups is 1. The van der Waals surface area contributed by atoms with E-state index in [0.29, 0.717) is 39.7 Å². The fourth-order valence-corrected chi connectivity index (χ4v) is 6.81. The van der Waals surface area contributed by atoms with E-state index in [-0.39, 0.29) is 41.1 Å². The molecule has 46 heavy (non-hydrogen) atoms. The molecule has 0 aliphatic carbocycles. The monoisotopic (exact) mass is 670 g/mol. The van der Waals surface area contributed by atoms with E-state index < -0.39 is 5.66 Å². The summed E-state index contributed by atoms with van der Waals surface area (Å²) < 4.78 is 0. The lowest BCUT2D eigenvalue weighted by molar-refractivity contribution is -0.134. The summed E-state index contributed by atoms with van der Waals surface area (Å²) in [5, 5.41) is 7.31. The lowest BCUT2D eigenvalue weighted by atomic mass is 9.84. The second-order valence-corrected chi connectivity index (χ2v) is 15.6. The van der Waals surface area contributed by atoms with E-state index in [0.717, 1.165) is 38.0 Å². The molecule has 10 nitrogen and oxygen atoms in total. The van der Waals surface area contributed by atoms with Gasteiger partial charge in [-0.05, 0) is 59.6 Å². The van der Waals surface area contributed by atoms with Crippen molar-refractivity contribution in [2.24, 2.45) is 32.5 Å². The lowest BCUT2D eigenvalue weighted by Crippen LogP contribution is -2.55. The van der Waals surface area contributed by atoms with Crippen molar-refractivity contribution in [1.29, 1.82) is 0 Å². The summed E-state index contributed by atoms with van der Waals surface area (Å²) in [6, 6.07) is 12.3. The van der Waals surface area contributed by atoms with Gasteiger partial charge in [0.05, 0.1) is 12.6 Å². The quantitative estimate of drug-likeness (QED) is 0.114. The highest BCUT2D eigenvalue weighted by Gasteiger charge is 2.52. The third-order valence-corrected chi connectivity index (χ3v) is 8.79. The Morgan fingerprint density at radius 1 is 1.02 bits per heavy atom. The summed E-state index contributed by atoms with van der Waals surface area (Å²) in [4.78, 5) is 37.2. The van der Waals surface area contributed by atoms with Crippen molar-refractivity contribution < 1.29 is 9.59 Å². The molecule has 1 atom stereocenters. The number of carbonyl (C=O) groups excluding carboxylic acids is 2. The highest BCUT2D eigenvalue weighted by atomic mass is 35.5. The number of piperidine rings is 1. The number of aliphatic imine (C=N–C) groups is 1. The summed E-state index contributed by atoms with van der Waals surface area (Å²) in [6.07, 6.45) is 3.02. The molecule has 2 aliphatic heterocycles. The molecule has 1 spiro atoms. The number of nitrogens with two attached hydrogens (primary N) is 2. The highest BCUT2D eigenvalue weighted by Crippen LogP contribution is 2.45. The molecule has 6 N–H and O–H groups in total. The average Bonchev–Trinajstić information content (AvgIpc) is 3.23. The number of rotatable bonds is 10. The molecule has 0 aromatic heterocycles. The third-order valence-electron chi connectivity index (χ3n) is 8.36. The fourth-order valence-electron chi connectivity index (χ4n) is 6.28. The highest BCUT2D eigenvalue weighted by molar-refractivity contribution is 6.47. The SMILES string of the molecule is CC(C)(C)CCC(c1ccc(C(=O)NC/C(N)=N/NN)cc1)N1C(=O)C(c2cc(Cl)cc(Cl)c2)=NC12CCN(CC(C)(C)C)CC2. The van der Waals surface area contributed by atoms with Gasteiger partial charge >= 0.3 is 0 Å². The van der Waals surface area contributed by atoms with Crippen molar-refractivity contribution in [3.63, 3.8) is 0 Å². The molecule has 4 rings (SSSR count). The molecule has 0 bridgehead atoms. The summed E-state index contributed by atoms with van der Waals surface area (Å²) in [7, 11) is 0. The normalized spacial score (nSPS) is 18.1. The molecule has 2 heterocycles. The molecule has 2 amide bonds. The summed E-state index contributed by atoms with van der Waals surface area (Å²) in [6.45, 7) is 16.0. The van der Waals surface area contributed by atoms with Gasteiger partial charge in [-0.15, -0.1) is 0 Å². The smallest absolute Gasteiger partial charge is 0.275 e. The maximum absolute atomic E-state index is 14.6. The molecule has 2 aromatic rings. The topological polar surface area (TPSA) is 141 Å². The number of hydrogen-bond acceptors (Lipinski definition) is 7. The number of hydrazine groups is 1. The molecule has 12 heteroatoms. The first kappa shape index (κ1) is 35.7. The van der Waals surface area contributed by atoms with E-state index in [9.17, 15) is 9.59 Å². The summed E-state index contributed by atoms with van der Waals surface area (Å²) in [5.74, 6) is 4.88.